The molecule has 1 aliphatic rings. The molecule has 0 saturated carbocycles. The fourth-order valence-corrected chi connectivity index (χ4v) is 4.22. The number of nitrogens with zero attached hydrogens (tertiary/aromatic N) is 1. The molecule has 7 nitrogen and oxygen atoms in total. The van der Waals surface area contributed by atoms with Crippen molar-refractivity contribution >= 4 is 15.8 Å². The Balaban J connectivity index is 1.63. The summed E-state index contributed by atoms with van der Waals surface area (Å²) in [6.45, 7) is 6.27. The third-order valence-corrected chi connectivity index (χ3v) is 6.48. The fourth-order valence-electron chi connectivity index (χ4n) is 3.83. The van der Waals surface area contributed by atoms with E-state index in [9.17, 15) is 13.2 Å². The lowest BCUT2D eigenvalue weighted by Gasteiger charge is -2.14. The van der Waals surface area contributed by atoms with E-state index in [0.29, 0.717) is 37.5 Å². The number of carbonyl (C=O) groups excluding carboxylic acids is 1. The van der Waals surface area contributed by atoms with Crippen molar-refractivity contribution in [3.05, 3.63) is 77.1 Å². The van der Waals surface area contributed by atoms with E-state index in [1.54, 1.807) is 19.3 Å². The van der Waals surface area contributed by atoms with Crippen molar-refractivity contribution in [3.8, 4) is 22.9 Å². The molecule has 1 aliphatic carbocycles. The number of rotatable bonds is 11. The third kappa shape index (κ3) is 8.37. The van der Waals surface area contributed by atoms with Crippen LogP contribution in [0.1, 0.15) is 37.3 Å². The van der Waals surface area contributed by atoms with Gasteiger partial charge in [-0.1, -0.05) is 29.9 Å². The number of sulfone groups is 1. The number of aryl methyl sites for hydroxylation is 2. The zero-order chi connectivity index (χ0) is 26.1. The van der Waals surface area contributed by atoms with Crippen molar-refractivity contribution in [2.45, 2.75) is 40.0 Å². The molecule has 0 atom stereocenters. The number of ether oxygens (including phenoxy) is 3. The second kappa shape index (κ2) is 12.5. The predicted octanol–water partition coefficient (Wildman–Crippen LogP) is 5.28. The van der Waals surface area contributed by atoms with Crippen LogP contribution < -0.4 is 9.47 Å². The summed E-state index contributed by atoms with van der Waals surface area (Å²) in [5.74, 6) is 0.913. The van der Waals surface area contributed by atoms with Gasteiger partial charge < -0.3 is 14.2 Å². The summed E-state index contributed by atoms with van der Waals surface area (Å²) in [6.07, 6.45) is 10.7. The van der Waals surface area contributed by atoms with Crippen LogP contribution in [0.5, 0.6) is 11.6 Å². The van der Waals surface area contributed by atoms with Gasteiger partial charge in [0.25, 0.3) is 0 Å². The summed E-state index contributed by atoms with van der Waals surface area (Å²) < 4.78 is 39.1. The van der Waals surface area contributed by atoms with Crippen LogP contribution in [0.25, 0.3) is 11.3 Å². The van der Waals surface area contributed by atoms with Crippen LogP contribution in [-0.2, 0) is 19.4 Å². The molecule has 1 heterocycles. The molecular formula is C28H33NO6S. The van der Waals surface area contributed by atoms with Crippen LogP contribution in [0.3, 0.4) is 0 Å². The maximum absolute atomic E-state index is 11.5. The zero-order valence-corrected chi connectivity index (χ0v) is 22.1. The molecule has 0 saturated heterocycles. The molecule has 0 N–H and O–H groups in total. The molecule has 0 bridgehead atoms. The lowest BCUT2D eigenvalue weighted by Crippen LogP contribution is -2.12. The largest absolute Gasteiger partial charge is 0.493 e. The van der Waals surface area contributed by atoms with E-state index in [4.69, 9.17) is 14.2 Å². The van der Waals surface area contributed by atoms with Crippen molar-refractivity contribution < 1.29 is 27.4 Å². The van der Waals surface area contributed by atoms with E-state index in [-0.39, 0.29) is 18.3 Å². The maximum Gasteiger partial charge on any atom is 0.306 e. The average molecular weight is 512 g/mol. The summed E-state index contributed by atoms with van der Waals surface area (Å²) in [5.41, 5.74) is 5.82. The predicted molar refractivity (Wildman–Crippen MR) is 141 cm³/mol. The molecule has 0 amide bonds. The molecule has 36 heavy (non-hydrogen) atoms. The Morgan fingerprint density at radius 3 is 2.53 bits per heavy atom. The first-order chi connectivity index (χ1) is 17.1. The van der Waals surface area contributed by atoms with Gasteiger partial charge in [0.15, 0.2) is 9.84 Å². The molecule has 8 heteroatoms. The number of allylic oxidation sites excluding steroid dienone is 5. The molecule has 0 fully saturated rings. The first-order valence-corrected chi connectivity index (χ1v) is 14.0. The van der Waals surface area contributed by atoms with Gasteiger partial charge in [-0.05, 0) is 68.5 Å². The monoisotopic (exact) mass is 511 g/mol. The Hall–Kier alpha value is -3.39. The van der Waals surface area contributed by atoms with Gasteiger partial charge in [0.2, 0.25) is 5.88 Å². The van der Waals surface area contributed by atoms with Crippen molar-refractivity contribution in [3.63, 3.8) is 0 Å². The van der Waals surface area contributed by atoms with Crippen LogP contribution in [0.2, 0.25) is 0 Å². The van der Waals surface area contributed by atoms with Gasteiger partial charge in [0.05, 0.1) is 24.3 Å². The van der Waals surface area contributed by atoms with E-state index in [1.807, 2.05) is 50.3 Å². The van der Waals surface area contributed by atoms with Gasteiger partial charge in [0.1, 0.15) is 12.4 Å². The lowest BCUT2D eigenvalue weighted by atomic mass is 9.99. The first kappa shape index (κ1) is 27.2. The lowest BCUT2D eigenvalue weighted by molar-refractivity contribution is -0.143. The highest BCUT2D eigenvalue weighted by atomic mass is 32.2. The number of pyridine rings is 1. The van der Waals surface area contributed by atoms with Gasteiger partial charge in [0, 0.05) is 24.3 Å². The normalized spacial score (nSPS) is 14.4. The Labute approximate surface area is 213 Å². The summed E-state index contributed by atoms with van der Waals surface area (Å²) >= 11 is 0. The van der Waals surface area contributed by atoms with Gasteiger partial charge in [-0.25, -0.2) is 13.4 Å². The molecule has 1 aromatic heterocycles. The molecule has 0 spiro atoms. The molecule has 3 rings (SSSR count). The Kier molecular flexibility index (Phi) is 9.47. The highest BCUT2D eigenvalue weighted by molar-refractivity contribution is 7.90. The smallest absolute Gasteiger partial charge is 0.306 e. The zero-order valence-electron chi connectivity index (χ0n) is 21.2. The van der Waals surface area contributed by atoms with Crippen molar-refractivity contribution in [2.24, 2.45) is 0 Å². The highest BCUT2D eigenvalue weighted by Gasteiger charge is 2.12. The first-order valence-electron chi connectivity index (χ1n) is 11.9. The molecule has 192 valence electrons. The van der Waals surface area contributed by atoms with Crippen molar-refractivity contribution in [2.75, 3.05) is 25.2 Å². The van der Waals surface area contributed by atoms with Crippen LogP contribution in [-0.4, -0.2) is 44.6 Å². The third-order valence-electron chi connectivity index (χ3n) is 5.57. The minimum Gasteiger partial charge on any atom is -0.493 e. The number of benzene rings is 1. The Morgan fingerprint density at radius 2 is 1.89 bits per heavy atom. The summed E-state index contributed by atoms with van der Waals surface area (Å²) in [7, 11) is -3.07. The molecule has 1 aromatic carbocycles. The topological polar surface area (TPSA) is 91.8 Å². The van der Waals surface area contributed by atoms with Crippen LogP contribution in [0.15, 0.2) is 66.0 Å². The average Bonchev–Trinajstić information content (AvgIpc) is 2.81. The number of carbonyl (C=O) groups is 1. The van der Waals surface area contributed by atoms with Crippen molar-refractivity contribution in [1.82, 2.24) is 4.98 Å². The second-order valence-electron chi connectivity index (χ2n) is 8.70. The summed E-state index contributed by atoms with van der Waals surface area (Å²) in [6, 6.07) is 9.41. The fraction of sp³-hybridized carbons (Fsp3) is 0.357. The van der Waals surface area contributed by atoms with Crippen LogP contribution in [0.4, 0.5) is 0 Å². The van der Waals surface area contributed by atoms with Gasteiger partial charge >= 0.3 is 5.97 Å². The molecule has 0 radical (unpaired) electrons. The number of hydrogen-bond donors (Lipinski definition) is 0. The number of esters is 1. The van der Waals surface area contributed by atoms with E-state index in [2.05, 4.69) is 11.1 Å². The van der Waals surface area contributed by atoms with E-state index < -0.39 is 9.84 Å². The minimum absolute atomic E-state index is 0.0246. The molecule has 0 unspecified atom stereocenters. The maximum atomic E-state index is 11.5. The van der Waals surface area contributed by atoms with Crippen LogP contribution >= 0.6 is 0 Å². The Morgan fingerprint density at radius 1 is 1.14 bits per heavy atom. The molecular weight excluding hydrogens is 478 g/mol. The second-order valence-corrected chi connectivity index (χ2v) is 11.0. The van der Waals surface area contributed by atoms with Gasteiger partial charge in [-0.3, -0.25) is 4.79 Å². The number of hydrogen-bond acceptors (Lipinski definition) is 7. The Bertz CT molecular complexity index is 1270. The highest BCUT2D eigenvalue weighted by Crippen LogP contribution is 2.31. The SMILES string of the molecule is CCOC(=O)CCC1=CCC(=COc2cccc(-c3c(C)cc(OCCS(C)(=O)=O)cc3C)n2)C=C1. The van der Waals surface area contributed by atoms with E-state index >= 15 is 0 Å². The molecule has 2 aromatic rings. The van der Waals surface area contributed by atoms with Crippen molar-refractivity contribution in [1.29, 1.82) is 0 Å². The van der Waals surface area contributed by atoms with Gasteiger partial charge in [-0.15, -0.1) is 0 Å². The van der Waals surface area contributed by atoms with E-state index in [0.717, 1.165) is 33.5 Å². The van der Waals surface area contributed by atoms with Crippen LogP contribution in [0, 0.1) is 13.8 Å². The summed E-state index contributed by atoms with van der Waals surface area (Å²) in [5, 5.41) is 0. The quantitative estimate of drug-likeness (QED) is 0.299. The van der Waals surface area contributed by atoms with Gasteiger partial charge in [-0.2, -0.15) is 0 Å². The molecule has 0 aliphatic heterocycles. The minimum atomic E-state index is -3.07. The number of aromatic nitrogens is 1. The standard InChI is InChI=1S/C28H33NO6S/c1-5-33-27(30)14-13-22-9-11-23(12-10-22)19-35-26-8-6-7-25(29-26)28-20(2)17-24(18-21(28)3)34-15-16-36(4,31)32/h6-11,17-19H,5,12-16H2,1-4H3. The van der Waals surface area contributed by atoms with E-state index in [1.165, 1.54) is 6.26 Å². The summed E-state index contributed by atoms with van der Waals surface area (Å²) in [4.78, 5) is 16.2.